The van der Waals surface area contributed by atoms with Gasteiger partial charge in [-0.15, -0.1) is 0 Å². The van der Waals surface area contributed by atoms with E-state index in [2.05, 4.69) is 17.1 Å². The molecule has 0 amide bonds. The van der Waals surface area contributed by atoms with Crippen LogP contribution in [0.25, 0.3) is 0 Å². The molecule has 1 unspecified atom stereocenters. The number of benzene rings is 1. The normalized spacial score (nSPS) is 23.6. The Morgan fingerprint density at radius 1 is 1.17 bits per heavy atom. The maximum atomic E-state index is 14.0. The first kappa shape index (κ1) is 16.9. The minimum absolute atomic E-state index is 0.0380. The molecule has 1 aliphatic carbocycles. The third-order valence-corrected chi connectivity index (χ3v) is 5.58. The molecule has 0 bridgehead atoms. The van der Waals surface area contributed by atoms with Gasteiger partial charge in [0.1, 0.15) is 5.82 Å². The molecule has 23 heavy (non-hydrogen) atoms. The first-order valence-corrected chi connectivity index (χ1v) is 9.02. The van der Waals surface area contributed by atoms with E-state index in [1.807, 2.05) is 12.1 Å². The quantitative estimate of drug-likeness (QED) is 0.898. The highest BCUT2D eigenvalue weighted by atomic mass is 19.1. The number of hydrogen-bond acceptors (Lipinski definition) is 3. The van der Waals surface area contributed by atoms with Gasteiger partial charge in [0.15, 0.2) is 0 Å². The van der Waals surface area contributed by atoms with Crippen molar-refractivity contribution < 1.29 is 9.13 Å². The van der Waals surface area contributed by atoms with Crippen LogP contribution in [0.15, 0.2) is 24.3 Å². The van der Waals surface area contributed by atoms with E-state index in [1.165, 1.54) is 32.1 Å². The first-order chi connectivity index (χ1) is 11.2. The Kier molecular flexibility index (Phi) is 5.67. The molecule has 3 rings (SSSR count). The number of morpholine rings is 1. The van der Waals surface area contributed by atoms with E-state index < -0.39 is 0 Å². The van der Waals surface area contributed by atoms with Crippen molar-refractivity contribution in [2.45, 2.75) is 50.6 Å². The van der Waals surface area contributed by atoms with Crippen molar-refractivity contribution in [1.29, 1.82) is 0 Å². The number of nitrogens with zero attached hydrogens (tertiary/aromatic N) is 1. The summed E-state index contributed by atoms with van der Waals surface area (Å²) in [6.07, 6.45) is 6.42. The molecule has 3 nitrogen and oxygen atoms in total. The predicted octanol–water partition coefficient (Wildman–Crippen LogP) is 3.51. The molecular weight excluding hydrogens is 291 g/mol. The molecule has 2 aliphatic rings. The van der Waals surface area contributed by atoms with Crippen molar-refractivity contribution in [2.24, 2.45) is 0 Å². The average molecular weight is 320 g/mol. The monoisotopic (exact) mass is 320 g/mol. The maximum Gasteiger partial charge on any atom is 0.127 e. The van der Waals surface area contributed by atoms with Crippen molar-refractivity contribution in [3.05, 3.63) is 35.6 Å². The van der Waals surface area contributed by atoms with Crippen LogP contribution in [0.4, 0.5) is 4.39 Å². The molecule has 4 heteroatoms. The summed E-state index contributed by atoms with van der Waals surface area (Å²) in [5.41, 5.74) is 0.988. The van der Waals surface area contributed by atoms with Gasteiger partial charge in [0.25, 0.3) is 0 Å². The summed E-state index contributed by atoms with van der Waals surface area (Å²) >= 11 is 0. The third kappa shape index (κ3) is 3.93. The molecule has 128 valence electrons. The van der Waals surface area contributed by atoms with Crippen LogP contribution in [0.3, 0.4) is 0 Å². The van der Waals surface area contributed by atoms with Crippen LogP contribution in [-0.2, 0) is 4.74 Å². The molecular formula is C19H29FN2O. The Labute approximate surface area is 139 Å². The molecule has 1 heterocycles. The van der Waals surface area contributed by atoms with E-state index in [9.17, 15) is 4.39 Å². The largest absolute Gasteiger partial charge is 0.379 e. The van der Waals surface area contributed by atoms with Gasteiger partial charge in [-0.05, 0) is 25.8 Å². The summed E-state index contributed by atoms with van der Waals surface area (Å²) in [5.74, 6) is -0.114. The predicted molar refractivity (Wildman–Crippen MR) is 91.0 cm³/mol. The molecule has 1 N–H and O–H groups in total. The van der Waals surface area contributed by atoms with Crippen LogP contribution in [0.2, 0.25) is 0 Å². The van der Waals surface area contributed by atoms with Crippen LogP contribution in [-0.4, -0.2) is 43.3 Å². The van der Waals surface area contributed by atoms with Gasteiger partial charge in [-0.1, -0.05) is 37.5 Å². The van der Waals surface area contributed by atoms with Crippen molar-refractivity contribution in [1.82, 2.24) is 10.2 Å². The summed E-state index contributed by atoms with van der Waals surface area (Å²) in [7, 11) is 0. The number of nitrogens with one attached hydrogen (secondary N) is 1. The maximum absolute atomic E-state index is 14.0. The van der Waals surface area contributed by atoms with Crippen molar-refractivity contribution in [3.8, 4) is 0 Å². The minimum atomic E-state index is -0.114. The van der Waals surface area contributed by atoms with E-state index in [-0.39, 0.29) is 17.4 Å². The molecule has 1 aromatic carbocycles. The van der Waals surface area contributed by atoms with Gasteiger partial charge in [-0.2, -0.15) is 0 Å². The summed E-state index contributed by atoms with van der Waals surface area (Å²) in [6.45, 7) is 6.72. The number of rotatable bonds is 5. The standard InChI is InChI=1S/C19H29FN2O/c1-16(17-7-3-4-8-18(17)20)21-15-19(9-5-2-6-10-19)22-11-13-23-14-12-22/h3-4,7-8,16,21H,2,5-6,9-15H2,1H3. The molecule has 1 atom stereocenters. The Morgan fingerprint density at radius 2 is 1.87 bits per heavy atom. The fourth-order valence-electron chi connectivity index (χ4n) is 4.13. The second kappa shape index (κ2) is 7.73. The highest BCUT2D eigenvalue weighted by Gasteiger charge is 2.38. The first-order valence-electron chi connectivity index (χ1n) is 9.02. The lowest BCUT2D eigenvalue weighted by Gasteiger charge is -2.48. The zero-order chi connectivity index (χ0) is 16.1. The fraction of sp³-hybridized carbons (Fsp3) is 0.684. The van der Waals surface area contributed by atoms with E-state index in [4.69, 9.17) is 4.74 Å². The minimum Gasteiger partial charge on any atom is -0.379 e. The zero-order valence-corrected chi connectivity index (χ0v) is 14.2. The van der Waals surface area contributed by atoms with E-state index >= 15 is 0 Å². The average Bonchev–Trinajstić information content (AvgIpc) is 2.62. The van der Waals surface area contributed by atoms with E-state index in [0.29, 0.717) is 0 Å². The Hall–Kier alpha value is -0.970. The van der Waals surface area contributed by atoms with Crippen LogP contribution < -0.4 is 5.32 Å². The Morgan fingerprint density at radius 3 is 2.57 bits per heavy atom. The highest BCUT2D eigenvalue weighted by molar-refractivity contribution is 5.20. The second-order valence-electron chi connectivity index (χ2n) is 7.01. The van der Waals surface area contributed by atoms with Gasteiger partial charge >= 0.3 is 0 Å². The van der Waals surface area contributed by atoms with Gasteiger partial charge in [0.05, 0.1) is 13.2 Å². The molecule has 0 spiro atoms. The van der Waals surface area contributed by atoms with Crippen LogP contribution in [0.1, 0.15) is 50.6 Å². The highest BCUT2D eigenvalue weighted by Crippen LogP contribution is 2.34. The lowest BCUT2D eigenvalue weighted by Crippen LogP contribution is -2.59. The fourth-order valence-corrected chi connectivity index (χ4v) is 4.13. The molecule has 0 radical (unpaired) electrons. The molecule has 1 aromatic rings. The number of hydrogen-bond donors (Lipinski definition) is 1. The van der Waals surface area contributed by atoms with Gasteiger partial charge in [-0.25, -0.2) is 4.39 Å². The van der Waals surface area contributed by atoms with Crippen molar-refractivity contribution in [3.63, 3.8) is 0 Å². The van der Waals surface area contributed by atoms with Gasteiger partial charge < -0.3 is 10.1 Å². The molecule has 1 saturated carbocycles. The summed E-state index contributed by atoms with van der Waals surface area (Å²) < 4.78 is 19.5. The van der Waals surface area contributed by atoms with Gasteiger partial charge in [0.2, 0.25) is 0 Å². The van der Waals surface area contributed by atoms with Crippen LogP contribution in [0.5, 0.6) is 0 Å². The lowest BCUT2D eigenvalue weighted by atomic mass is 9.79. The van der Waals surface area contributed by atoms with Crippen molar-refractivity contribution in [2.75, 3.05) is 32.8 Å². The van der Waals surface area contributed by atoms with Crippen LogP contribution >= 0.6 is 0 Å². The topological polar surface area (TPSA) is 24.5 Å². The van der Waals surface area contributed by atoms with E-state index in [1.54, 1.807) is 12.1 Å². The molecule has 2 fully saturated rings. The number of ether oxygens (including phenoxy) is 1. The summed E-state index contributed by atoms with van der Waals surface area (Å²) in [6, 6.07) is 7.13. The van der Waals surface area contributed by atoms with Crippen molar-refractivity contribution >= 4 is 0 Å². The molecule has 1 saturated heterocycles. The zero-order valence-electron chi connectivity index (χ0n) is 14.2. The SMILES string of the molecule is CC(NCC1(N2CCOCC2)CCCCC1)c1ccccc1F. The lowest BCUT2D eigenvalue weighted by molar-refractivity contribution is -0.0376. The van der Waals surface area contributed by atoms with Gasteiger partial charge in [-0.3, -0.25) is 4.90 Å². The summed E-state index contributed by atoms with van der Waals surface area (Å²) in [4.78, 5) is 2.62. The van der Waals surface area contributed by atoms with Gasteiger partial charge in [0, 0.05) is 36.8 Å². The third-order valence-electron chi connectivity index (χ3n) is 5.58. The van der Waals surface area contributed by atoms with E-state index in [0.717, 1.165) is 38.4 Å². The number of halogens is 1. The van der Waals surface area contributed by atoms with Crippen LogP contribution in [0, 0.1) is 5.82 Å². The molecule has 0 aromatic heterocycles. The smallest absolute Gasteiger partial charge is 0.127 e. The summed E-state index contributed by atoms with van der Waals surface area (Å²) in [5, 5.41) is 3.63. The Bertz CT molecular complexity index is 496. The molecule has 1 aliphatic heterocycles. The Balaban J connectivity index is 1.67. The second-order valence-corrected chi connectivity index (χ2v) is 7.01.